The van der Waals surface area contributed by atoms with Gasteiger partial charge in [0.2, 0.25) is 0 Å². The van der Waals surface area contributed by atoms with E-state index in [0.29, 0.717) is 27.6 Å². The highest BCUT2D eigenvalue weighted by Crippen LogP contribution is 2.34. The van der Waals surface area contributed by atoms with E-state index in [1.807, 2.05) is 0 Å². The molecule has 0 aliphatic carbocycles. The molecule has 4 rings (SSSR count). The summed E-state index contributed by atoms with van der Waals surface area (Å²) in [6, 6.07) is 12.1. The van der Waals surface area contributed by atoms with Gasteiger partial charge in [0.1, 0.15) is 5.76 Å². The molecule has 0 aliphatic heterocycles. The summed E-state index contributed by atoms with van der Waals surface area (Å²) < 4.78 is 45.6. The third-order valence-corrected chi connectivity index (χ3v) is 4.91. The first-order valence-corrected chi connectivity index (χ1v) is 9.25. The Balaban J connectivity index is 1.65. The van der Waals surface area contributed by atoms with Crippen molar-refractivity contribution in [1.82, 2.24) is 14.9 Å². The highest BCUT2D eigenvalue weighted by atomic mass is 32.1. The van der Waals surface area contributed by atoms with Crippen molar-refractivity contribution in [2.45, 2.75) is 13.1 Å². The van der Waals surface area contributed by atoms with E-state index >= 15 is 0 Å². The monoisotopic (exact) mass is 418 g/mol. The average Bonchev–Trinajstić information content (AvgIpc) is 3.41. The summed E-state index contributed by atoms with van der Waals surface area (Å²) in [5.41, 5.74) is 0.0553. The number of thiophene rings is 1. The molecule has 10 heteroatoms. The van der Waals surface area contributed by atoms with Crippen LogP contribution >= 0.6 is 11.3 Å². The molecule has 0 bridgehead atoms. The maximum absolute atomic E-state index is 13.2. The number of benzene rings is 1. The van der Waals surface area contributed by atoms with Crippen LogP contribution in [0.1, 0.15) is 21.8 Å². The zero-order valence-corrected chi connectivity index (χ0v) is 15.7. The standard InChI is InChI=1S/C19H13F3N4O2S/c1-11-9-17(25-28-11)23-18(27)12-4-6-13(7-5-12)26-14(15-3-2-8-29-15)10-16(24-26)19(20,21)22/h2-10H,1H3,(H,23,25,27). The molecule has 29 heavy (non-hydrogen) atoms. The van der Waals surface area contributed by atoms with Crippen LogP contribution in [0.3, 0.4) is 0 Å². The SMILES string of the molecule is Cc1cc(NC(=O)c2ccc(-n3nc(C(F)(F)F)cc3-c3cccs3)cc2)no1. The molecule has 0 atom stereocenters. The molecule has 0 aliphatic rings. The molecule has 0 fully saturated rings. The van der Waals surface area contributed by atoms with Gasteiger partial charge in [0.05, 0.1) is 16.3 Å². The number of hydrogen-bond donors (Lipinski definition) is 1. The minimum atomic E-state index is -4.56. The van der Waals surface area contributed by atoms with E-state index in [2.05, 4.69) is 15.6 Å². The number of rotatable bonds is 4. The van der Waals surface area contributed by atoms with Crippen molar-refractivity contribution < 1.29 is 22.5 Å². The van der Waals surface area contributed by atoms with Crippen LogP contribution in [0.5, 0.6) is 0 Å². The summed E-state index contributed by atoms with van der Waals surface area (Å²) in [7, 11) is 0. The molecular formula is C19H13F3N4O2S. The molecule has 4 aromatic rings. The topological polar surface area (TPSA) is 73.0 Å². The quantitative estimate of drug-likeness (QED) is 0.496. The van der Waals surface area contributed by atoms with Crippen LogP contribution in [-0.4, -0.2) is 20.8 Å². The average molecular weight is 418 g/mol. The van der Waals surface area contributed by atoms with Crippen LogP contribution in [0.4, 0.5) is 19.0 Å². The fourth-order valence-corrected chi connectivity index (χ4v) is 3.41. The van der Waals surface area contributed by atoms with Gasteiger partial charge < -0.3 is 9.84 Å². The van der Waals surface area contributed by atoms with Crippen molar-refractivity contribution in [3.63, 3.8) is 0 Å². The number of anilines is 1. The van der Waals surface area contributed by atoms with Gasteiger partial charge in [0, 0.05) is 11.6 Å². The number of halogens is 3. The Morgan fingerprint density at radius 3 is 2.52 bits per heavy atom. The largest absolute Gasteiger partial charge is 0.435 e. The van der Waals surface area contributed by atoms with Crippen molar-refractivity contribution in [2.24, 2.45) is 0 Å². The van der Waals surface area contributed by atoms with E-state index in [1.165, 1.54) is 40.3 Å². The molecule has 1 amide bonds. The van der Waals surface area contributed by atoms with Gasteiger partial charge in [-0.25, -0.2) is 4.68 Å². The molecule has 3 heterocycles. The normalized spacial score (nSPS) is 11.6. The first kappa shape index (κ1) is 18.9. The number of alkyl halides is 3. The Hall–Kier alpha value is -3.40. The summed E-state index contributed by atoms with van der Waals surface area (Å²) in [6.45, 7) is 1.70. The molecule has 6 nitrogen and oxygen atoms in total. The molecule has 148 valence electrons. The molecule has 0 saturated heterocycles. The Labute approximate surface area is 166 Å². The Kier molecular flexibility index (Phi) is 4.71. The predicted octanol–water partition coefficient (Wildman–Crippen LogP) is 5.17. The molecular weight excluding hydrogens is 405 g/mol. The fraction of sp³-hybridized carbons (Fsp3) is 0.105. The number of nitrogens with one attached hydrogen (secondary N) is 1. The third kappa shape index (κ3) is 3.92. The number of aryl methyl sites for hydroxylation is 1. The summed E-state index contributed by atoms with van der Waals surface area (Å²) in [6.07, 6.45) is -4.56. The second-order valence-electron chi connectivity index (χ2n) is 6.13. The van der Waals surface area contributed by atoms with Crippen molar-refractivity contribution in [3.8, 4) is 16.3 Å². The summed E-state index contributed by atoms with van der Waals surface area (Å²) >= 11 is 1.31. The number of aromatic nitrogens is 3. The number of carbonyl (C=O) groups is 1. The van der Waals surface area contributed by atoms with Gasteiger partial charge in [-0.3, -0.25) is 4.79 Å². The smallest absolute Gasteiger partial charge is 0.360 e. The second-order valence-corrected chi connectivity index (χ2v) is 7.07. The Morgan fingerprint density at radius 2 is 1.93 bits per heavy atom. The van der Waals surface area contributed by atoms with E-state index in [0.717, 1.165) is 6.07 Å². The maximum atomic E-state index is 13.2. The van der Waals surface area contributed by atoms with E-state index in [1.54, 1.807) is 30.5 Å². The van der Waals surface area contributed by atoms with Crippen LogP contribution < -0.4 is 5.32 Å². The lowest BCUT2D eigenvalue weighted by Gasteiger charge is -2.08. The first-order valence-electron chi connectivity index (χ1n) is 8.37. The lowest BCUT2D eigenvalue weighted by molar-refractivity contribution is -0.141. The Morgan fingerprint density at radius 1 is 1.17 bits per heavy atom. The molecule has 0 radical (unpaired) electrons. The van der Waals surface area contributed by atoms with Crippen molar-refractivity contribution in [3.05, 3.63) is 70.9 Å². The third-order valence-electron chi connectivity index (χ3n) is 4.02. The van der Waals surface area contributed by atoms with Gasteiger partial charge in [0.15, 0.2) is 11.5 Å². The van der Waals surface area contributed by atoms with Crippen molar-refractivity contribution in [2.75, 3.05) is 5.32 Å². The van der Waals surface area contributed by atoms with E-state index in [4.69, 9.17) is 4.52 Å². The molecule has 1 aromatic carbocycles. The van der Waals surface area contributed by atoms with E-state index in [-0.39, 0.29) is 5.82 Å². The highest BCUT2D eigenvalue weighted by molar-refractivity contribution is 7.13. The van der Waals surface area contributed by atoms with E-state index in [9.17, 15) is 18.0 Å². The number of amides is 1. The highest BCUT2D eigenvalue weighted by Gasteiger charge is 2.35. The summed E-state index contributed by atoms with van der Waals surface area (Å²) in [5.74, 6) is 0.411. The fourth-order valence-electron chi connectivity index (χ4n) is 2.68. The van der Waals surface area contributed by atoms with Gasteiger partial charge in [-0.2, -0.15) is 18.3 Å². The van der Waals surface area contributed by atoms with Gasteiger partial charge >= 0.3 is 6.18 Å². The van der Waals surface area contributed by atoms with Crippen LogP contribution in [0, 0.1) is 6.92 Å². The zero-order valence-electron chi connectivity index (χ0n) is 14.9. The summed E-state index contributed by atoms with van der Waals surface area (Å²) in [5, 5.41) is 11.8. The first-order chi connectivity index (χ1) is 13.8. The second kappa shape index (κ2) is 7.21. The molecule has 3 aromatic heterocycles. The Bertz CT molecular complexity index is 1150. The minimum Gasteiger partial charge on any atom is -0.360 e. The minimum absolute atomic E-state index is 0.276. The number of nitrogens with zero attached hydrogens (tertiary/aromatic N) is 3. The van der Waals surface area contributed by atoms with Gasteiger partial charge in [-0.05, 0) is 48.7 Å². The summed E-state index contributed by atoms with van der Waals surface area (Å²) in [4.78, 5) is 12.9. The molecule has 1 N–H and O–H groups in total. The molecule has 0 spiro atoms. The van der Waals surface area contributed by atoms with Gasteiger partial charge in [0.25, 0.3) is 5.91 Å². The van der Waals surface area contributed by atoms with Crippen molar-refractivity contribution in [1.29, 1.82) is 0 Å². The number of carbonyl (C=O) groups excluding carboxylic acids is 1. The van der Waals surface area contributed by atoms with Gasteiger partial charge in [-0.15, -0.1) is 11.3 Å². The van der Waals surface area contributed by atoms with Crippen LogP contribution in [0.15, 0.2) is 58.4 Å². The van der Waals surface area contributed by atoms with Crippen LogP contribution in [0.2, 0.25) is 0 Å². The van der Waals surface area contributed by atoms with Gasteiger partial charge in [-0.1, -0.05) is 11.2 Å². The zero-order chi connectivity index (χ0) is 20.6. The van der Waals surface area contributed by atoms with Crippen LogP contribution in [0.25, 0.3) is 16.3 Å². The van der Waals surface area contributed by atoms with Crippen LogP contribution in [-0.2, 0) is 6.18 Å². The number of hydrogen-bond acceptors (Lipinski definition) is 5. The van der Waals surface area contributed by atoms with Crippen molar-refractivity contribution >= 4 is 23.1 Å². The lowest BCUT2D eigenvalue weighted by atomic mass is 10.2. The van der Waals surface area contributed by atoms with E-state index < -0.39 is 17.8 Å². The maximum Gasteiger partial charge on any atom is 0.435 e. The molecule has 0 unspecified atom stereocenters. The lowest BCUT2D eigenvalue weighted by Crippen LogP contribution is -2.12. The predicted molar refractivity (Wildman–Crippen MR) is 101 cm³/mol. The molecule has 0 saturated carbocycles.